The predicted molar refractivity (Wildman–Crippen MR) is 342 cm³/mol. The van der Waals surface area contributed by atoms with Crippen LogP contribution in [0.2, 0.25) is 5.02 Å². The van der Waals surface area contributed by atoms with Crippen LogP contribution in [0.15, 0.2) is 54.1 Å². The molecule has 7 amide bonds. The van der Waals surface area contributed by atoms with Gasteiger partial charge < -0.3 is 70.3 Å². The average molecular weight is 1390 g/mol. The van der Waals surface area contributed by atoms with E-state index in [1.54, 1.807) is 53.8 Å². The van der Waals surface area contributed by atoms with Crippen LogP contribution in [-0.2, 0) is 63.7 Å². The van der Waals surface area contributed by atoms with Crippen molar-refractivity contribution < 1.29 is 76.7 Å². The summed E-state index contributed by atoms with van der Waals surface area (Å²) in [5, 5.41) is 24.1. The smallest absolute Gasteiger partial charge is 0.328 e. The molecule has 4 bridgehead atoms. The first-order chi connectivity index (χ1) is 41.9. The quantitative estimate of drug-likeness (QED) is 0.0187. The van der Waals surface area contributed by atoms with Crippen molar-refractivity contribution in [3.63, 3.8) is 0 Å². The molecule has 2 aromatic rings. The molecule has 3 aliphatic heterocycles. The van der Waals surface area contributed by atoms with Gasteiger partial charge in [0.05, 0.1) is 60.0 Å². The zero-order valence-corrected chi connectivity index (χ0v) is 56.8. The highest BCUT2D eigenvalue weighted by molar-refractivity contribution is 9.09. The minimum Gasteiger partial charge on any atom is -0.497 e. The van der Waals surface area contributed by atoms with Crippen molar-refractivity contribution in [2.24, 2.45) is 23.5 Å². The van der Waals surface area contributed by atoms with E-state index in [0.29, 0.717) is 52.6 Å². The largest absolute Gasteiger partial charge is 0.497 e. The summed E-state index contributed by atoms with van der Waals surface area (Å²) in [6.07, 6.45) is 2.43. The van der Waals surface area contributed by atoms with Gasteiger partial charge in [0.1, 0.15) is 53.4 Å². The fraction of sp³-hybridized carbons (Fsp3) is 0.603. The summed E-state index contributed by atoms with van der Waals surface area (Å²) in [5.41, 5.74) is 4.98. The molecule has 0 aromatic heterocycles. The van der Waals surface area contributed by atoms with E-state index in [9.17, 15) is 48.3 Å². The number of alkyl halides is 2. The summed E-state index contributed by atoms with van der Waals surface area (Å²) >= 11 is 13.5. The summed E-state index contributed by atoms with van der Waals surface area (Å²) in [4.78, 5) is 125. The fourth-order valence-corrected chi connectivity index (χ4v) is 12.7. The Balaban J connectivity index is 1.38. The van der Waals surface area contributed by atoms with Gasteiger partial charge in [0.2, 0.25) is 23.6 Å². The lowest BCUT2D eigenvalue weighted by molar-refractivity contribution is -0.187. The van der Waals surface area contributed by atoms with E-state index in [4.69, 9.17) is 45.8 Å². The molecule has 0 saturated carbocycles. The van der Waals surface area contributed by atoms with E-state index in [2.05, 4.69) is 53.1 Å². The first-order valence-electron chi connectivity index (χ1n) is 29.9. The lowest BCUT2D eigenvalue weighted by Gasteiger charge is -2.41. The van der Waals surface area contributed by atoms with Gasteiger partial charge in [-0.25, -0.2) is 9.59 Å². The molecule has 26 heteroatoms. The van der Waals surface area contributed by atoms with E-state index < -0.39 is 120 Å². The molecule has 7 N–H and O–H groups in total. The van der Waals surface area contributed by atoms with E-state index in [1.165, 1.54) is 51.3 Å². The minimum atomic E-state index is -1.67. The molecule has 3 aliphatic rings. The number of anilines is 2. The number of unbranched alkanes of at least 4 members (excludes halogenated alkanes) is 1. The third-order valence-electron chi connectivity index (χ3n) is 16.6. The zero-order valence-electron chi connectivity index (χ0n) is 52.8. The van der Waals surface area contributed by atoms with Gasteiger partial charge in [0, 0.05) is 63.2 Å². The fourth-order valence-electron chi connectivity index (χ4n) is 10.9. The van der Waals surface area contributed by atoms with Crippen molar-refractivity contribution in [2.75, 3.05) is 55.7 Å². The van der Waals surface area contributed by atoms with Crippen LogP contribution in [0.5, 0.6) is 5.75 Å². The number of fused-ring (bicyclic) bond motifs is 5. The SMILES string of the molecule is COc1ccc(C(=O)N(C)[C@@H](C)C(=O)O[C@H]2CC(=O)N(C)c3cc(cc(C)c3Cl)C/C(C)=C/C=C/[C@@H](OC)[C@]3(O)CC(=O)O[C@@H](C3)[C@@H](C)[C@@H]3O[C@@]23C)c(NC(=O)[C@H](CCCNC(N)=O)NC(=O)[C@@H](NC(=O)CCCCC(C)OC(=O)C(CBr)CBr)C(C)C)c1. The van der Waals surface area contributed by atoms with Crippen LogP contribution in [0.1, 0.15) is 128 Å². The Morgan fingerprint density at radius 3 is 2.29 bits per heavy atom. The number of hydrogen-bond donors (Lipinski definition) is 6. The Kier molecular flexibility index (Phi) is 27.5. The number of nitrogens with one attached hydrogen (secondary N) is 4. The Morgan fingerprint density at radius 1 is 0.955 bits per heavy atom. The molecular weight excluding hydrogens is 1310 g/mol. The number of esters is 3. The molecule has 2 fully saturated rings. The van der Waals surface area contributed by atoms with Crippen LogP contribution in [-0.4, -0.2) is 169 Å². The molecule has 0 spiro atoms. The second-order valence-electron chi connectivity index (χ2n) is 23.9. The van der Waals surface area contributed by atoms with Gasteiger partial charge >= 0.3 is 23.9 Å². The van der Waals surface area contributed by atoms with E-state index in [0.717, 1.165) is 16.0 Å². The maximum Gasteiger partial charge on any atom is 0.328 e. The van der Waals surface area contributed by atoms with Crippen LogP contribution in [0.3, 0.4) is 0 Å². The number of halogens is 3. The molecule has 2 aromatic carbocycles. The van der Waals surface area contributed by atoms with Crippen molar-refractivity contribution in [3.05, 3.63) is 75.8 Å². The molecular formula is C63H88Br2ClN7O16. The summed E-state index contributed by atoms with van der Waals surface area (Å²) in [6.45, 7) is 13.9. The molecule has 11 atom stereocenters. The average Bonchev–Trinajstić information content (AvgIpc) is 1.59. The van der Waals surface area contributed by atoms with Crippen LogP contribution in [0, 0.1) is 24.7 Å². The van der Waals surface area contributed by atoms with Gasteiger partial charge in [0.15, 0.2) is 0 Å². The van der Waals surface area contributed by atoms with Crippen molar-refractivity contribution in [3.8, 4) is 5.75 Å². The Bertz CT molecular complexity index is 2960. The number of aryl methyl sites for hydroxylation is 1. The lowest BCUT2D eigenvalue weighted by Crippen LogP contribution is -2.54. The Hall–Kier alpha value is -6.12. The van der Waals surface area contributed by atoms with Crippen LogP contribution in [0.25, 0.3) is 0 Å². The highest BCUT2D eigenvalue weighted by Gasteiger charge is 2.64. The molecule has 3 heterocycles. The number of allylic oxidation sites excluding steroid dienone is 3. The number of ether oxygens (including phenoxy) is 6. The molecule has 89 heavy (non-hydrogen) atoms. The van der Waals surface area contributed by atoms with Gasteiger partial charge in [0.25, 0.3) is 5.91 Å². The topological polar surface area (TPSA) is 313 Å². The van der Waals surface area contributed by atoms with Gasteiger partial charge in [-0.3, -0.25) is 33.6 Å². The number of epoxide rings is 1. The Labute approximate surface area is 543 Å². The molecule has 492 valence electrons. The molecule has 2 saturated heterocycles. The van der Waals surface area contributed by atoms with E-state index in [-0.39, 0.29) is 73.6 Å². The summed E-state index contributed by atoms with van der Waals surface area (Å²) in [6, 6.07) is 3.42. The number of carbonyl (C=O) groups is 9. The molecule has 0 aliphatic carbocycles. The summed E-state index contributed by atoms with van der Waals surface area (Å²) in [5.74, 6) is -6.23. The second-order valence-corrected chi connectivity index (χ2v) is 25.6. The highest BCUT2D eigenvalue weighted by Crippen LogP contribution is 2.50. The number of carbonyl (C=O) groups excluding carboxylic acids is 9. The van der Waals surface area contributed by atoms with Crippen molar-refractivity contribution >= 4 is 108 Å². The monoisotopic (exact) mass is 1390 g/mol. The van der Waals surface area contributed by atoms with E-state index in [1.807, 2.05) is 32.1 Å². The molecule has 23 nitrogen and oxygen atoms in total. The summed E-state index contributed by atoms with van der Waals surface area (Å²) < 4.78 is 35.3. The minimum absolute atomic E-state index is 0.0294. The van der Waals surface area contributed by atoms with Crippen molar-refractivity contribution in [2.45, 2.75) is 179 Å². The zero-order chi connectivity index (χ0) is 66.2. The predicted octanol–water partition coefficient (Wildman–Crippen LogP) is 7.30. The number of hydrogen-bond acceptors (Lipinski definition) is 16. The molecule has 5 rings (SSSR count). The number of benzene rings is 2. The lowest BCUT2D eigenvalue weighted by atomic mass is 9.78. The normalized spacial score (nSPS) is 24.3. The van der Waals surface area contributed by atoms with Gasteiger partial charge in [-0.1, -0.05) is 94.1 Å². The van der Waals surface area contributed by atoms with Gasteiger partial charge in [-0.05, 0) is 108 Å². The van der Waals surface area contributed by atoms with Crippen LogP contribution >= 0.6 is 43.5 Å². The third-order valence-corrected chi connectivity index (χ3v) is 18.6. The number of urea groups is 1. The standard InChI is InChI=1S/C63H88Br2ClN7O16/c1-34(2)54(71-50(74)21-14-13-18-37(5)86-60(81)41(32-64)33-65)57(78)69-44(19-16-24-68-61(67)82)56(77)70-45-28-42(84-11)22-23-43(45)58(79)72(9)39(7)59(80)88-49-29-51(75)73(10)46-27-40(26-36(4)53(46)66)25-35(3)17-15-20-48(85-12)63(83)30-47(87-52(76)31-63)38(6)55-62(49,8)89-55/h15,17,20,22-23,26-28,34,37-39,41,44,47-49,54-55,83H,13-14,16,18-19,21,24-25,29-33H2,1-12H3,(H,69,78)(H,70,77)(H,71,74)(H3,67,68,82)/b20-15+,35-17+/t37?,38-,39+,44+,47+,48-,49+,54+,55+,62+,63-/m1/s1. The van der Waals surface area contributed by atoms with Crippen molar-refractivity contribution in [1.82, 2.24) is 20.9 Å². The summed E-state index contributed by atoms with van der Waals surface area (Å²) in [7, 11) is 5.73. The number of nitrogens with zero attached hydrogens (tertiary/aromatic N) is 2. The van der Waals surface area contributed by atoms with Crippen LogP contribution in [0.4, 0.5) is 16.2 Å². The number of methoxy groups -OCH3 is 2. The van der Waals surface area contributed by atoms with Gasteiger partial charge in [-0.15, -0.1) is 0 Å². The number of primary amides is 1. The van der Waals surface area contributed by atoms with Crippen LogP contribution < -0.4 is 36.6 Å². The molecule has 1 unspecified atom stereocenters. The number of amides is 7. The maximum absolute atomic E-state index is 14.7. The van der Waals surface area contributed by atoms with Gasteiger partial charge in [-0.2, -0.15) is 0 Å². The van der Waals surface area contributed by atoms with Crippen molar-refractivity contribution in [1.29, 1.82) is 0 Å². The number of rotatable bonds is 25. The first-order valence-corrected chi connectivity index (χ1v) is 32.5. The number of aliphatic hydroxyl groups is 1. The van der Waals surface area contributed by atoms with E-state index >= 15 is 0 Å². The molecule has 0 radical (unpaired) electrons. The second kappa shape index (κ2) is 33.3. The first kappa shape index (κ1) is 73.6. The Morgan fingerprint density at radius 2 is 1.65 bits per heavy atom. The number of likely N-dealkylation sites (N-methyl/N-ethyl adjacent to an activating group) is 1. The number of nitrogens with two attached hydrogens (primary N) is 1. The maximum atomic E-state index is 14.7. The highest BCUT2D eigenvalue weighted by atomic mass is 79.9. The third kappa shape index (κ3) is 19.9.